The van der Waals surface area contributed by atoms with Crippen molar-refractivity contribution >= 4 is 11.5 Å². The molecule has 2 atom stereocenters. The van der Waals surface area contributed by atoms with Crippen LogP contribution in [0.3, 0.4) is 0 Å². The molecule has 1 aromatic carbocycles. The smallest absolute Gasteiger partial charge is 0.157 e. The van der Waals surface area contributed by atoms with Gasteiger partial charge in [-0.25, -0.2) is 4.98 Å². The van der Waals surface area contributed by atoms with Crippen molar-refractivity contribution < 1.29 is 0 Å². The van der Waals surface area contributed by atoms with E-state index in [4.69, 9.17) is 4.98 Å². The summed E-state index contributed by atoms with van der Waals surface area (Å²) >= 11 is 0. The highest BCUT2D eigenvalue weighted by Gasteiger charge is 2.36. The normalized spacial score (nSPS) is 23.6. The third kappa shape index (κ3) is 2.12. The molecule has 0 amide bonds. The van der Waals surface area contributed by atoms with Gasteiger partial charge in [0.1, 0.15) is 5.82 Å². The largest absolute Gasteiger partial charge is 0.353 e. The van der Waals surface area contributed by atoms with Crippen molar-refractivity contribution in [2.75, 3.05) is 11.4 Å². The quantitative estimate of drug-likeness (QED) is 0.722. The van der Waals surface area contributed by atoms with Crippen molar-refractivity contribution in [3.05, 3.63) is 48.7 Å². The van der Waals surface area contributed by atoms with Crippen molar-refractivity contribution in [3.63, 3.8) is 0 Å². The lowest BCUT2D eigenvalue weighted by molar-refractivity contribution is 0.414. The van der Waals surface area contributed by atoms with Crippen LogP contribution in [-0.4, -0.2) is 27.2 Å². The van der Waals surface area contributed by atoms with Gasteiger partial charge in [0.25, 0.3) is 0 Å². The van der Waals surface area contributed by atoms with Crippen LogP contribution in [0.1, 0.15) is 25.7 Å². The highest BCUT2D eigenvalue weighted by molar-refractivity contribution is 5.67. The average Bonchev–Trinajstić information content (AvgIpc) is 3.19. The third-order valence-electron chi connectivity index (χ3n) is 5.36. The van der Waals surface area contributed by atoms with Gasteiger partial charge < -0.3 is 4.90 Å². The summed E-state index contributed by atoms with van der Waals surface area (Å²) in [6.07, 6.45) is 7.24. The second-order valence-corrected chi connectivity index (χ2v) is 6.81. The highest BCUT2D eigenvalue weighted by Crippen LogP contribution is 2.39. The van der Waals surface area contributed by atoms with Gasteiger partial charge in [0.15, 0.2) is 5.65 Å². The zero-order valence-electron chi connectivity index (χ0n) is 13.1. The maximum Gasteiger partial charge on any atom is 0.157 e. The van der Waals surface area contributed by atoms with Crippen LogP contribution in [0.25, 0.3) is 16.9 Å². The van der Waals surface area contributed by atoms with E-state index in [0.29, 0.717) is 6.04 Å². The second-order valence-electron chi connectivity index (χ2n) is 6.81. The number of hydrogen-bond acceptors (Lipinski definition) is 3. The molecule has 4 heteroatoms. The topological polar surface area (TPSA) is 33.4 Å². The average molecular weight is 304 g/mol. The lowest BCUT2D eigenvalue weighted by atomic mass is 9.90. The summed E-state index contributed by atoms with van der Waals surface area (Å²) in [5, 5.41) is 4.52. The Hall–Kier alpha value is -2.36. The molecule has 2 unspecified atom stereocenters. The number of rotatable bonds is 2. The second kappa shape index (κ2) is 5.08. The predicted molar refractivity (Wildman–Crippen MR) is 91.5 cm³/mol. The Morgan fingerprint density at radius 1 is 1.04 bits per heavy atom. The van der Waals surface area contributed by atoms with E-state index >= 15 is 0 Å². The number of aromatic nitrogens is 3. The van der Waals surface area contributed by atoms with Crippen molar-refractivity contribution in [2.45, 2.75) is 31.7 Å². The molecule has 0 N–H and O–H groups in total. The van der Waals surface area contributed by atoms with Gasteiger partial charge in [0.2, 0.25) is 0 Å². The molecule has 2 bridgehead atoms. The molecule has 1 aliphatic carbocycles. The van der Waals surface area contributed by atoms with Gasteiger partial charge >= 0.3 is 0 Å². The minimum atomic E-state index is 0.673. The number of anilines is 1. The fourth-order valence-corrected chi connectivity index (χ4v) is 4.28. The molecule has 2 aliphatic rings. The third-order valence-corrected chi connectivity index (χ3v) is 5.36. The lowest BCUT2D eigenvalue weighted by Gasteiger charge is -2.27. The van der Waals surface area contributed by atoms with Gasteiger partial charge in [-0.15, -0.1) is 0 Å². The van der Waals surface area contributed by atoms with Gasteiger partial charge in [-0.3, -0.25) is 0 Å². The van der Waals surface area contributed by atoms with Crippen molar-refractivity contribution in [1.29, 1.82) is 0 Å². The number of fused-ring (bicyclic) bond motifs is 3. The van der Waals surface area contributed by atoms with Crippen LogP contribution in [0.15, 0.2) is 48.7 Å². The summed E-state index contributed by atoms with van der Waals surface area (Å²) in [6, 6.07) is 15.3. The molecular weight excluding hydrogens is 284 g/mol. The molecule has 1 saturated carbocycles. The molecule has 3 heterocycles. The van der Waals surface area contributed by atoms with E-state index in [2.05, 4.69) is 40.3 Å². The Bertz CT molecular complexity index is 839. The van der Waals surface area contributed by atoms with Gasteiger partial charge in [-0.2, -0.15) is 9.61 Å². The Morgan fingerprint density at radius 3 is 2.83 bits per heavy atom. The first-order valence-corrected chi connectivity index (χ1v) is 8.55. The first-order valence-electron chi connectivity index (χ1n) is 8.55. The highest BCUT2D eigenvalue weighted by atomic mass is 15.4. The number of hydrogen-bond donors (Lipinski definition) is 0. The van der Waals surface area contributed by atoms with E-state index in [1.165, 1.54) is 37.1 Å². The Morgan fingerprint density at radius 2 is 1.96 bits per heavy atom. The van der Waals surface area contributed by atoms with Crippen LogP contribution >= 0.6 is 0 Å². The predicted octanol–water partition coefficient (Wildman–Crippen LogP) is 3.78. The number of benzene rings is 1. The monoisotopic (exact) mass is 304 g/mol. The van der Waals surface area contributed by atoms with E-state index in [0.717, 1.165) is 23.8 Å². The molecule has 2 aromatic heterocycles. The standard InChI is InChI=1S/C19H20N4/c1-2-6-15(7-3-1)17-12-19(23-18(21-17)9-10-20-23)22-13-14-5-4-8-16(22)11-14/h1-3,6-7,9-10,12,14,16H,4-5,8,11,13H2. The Labute approximate surface area is 135 Å². The Kier molecular flexibility index (Phi) is 2.90. The molecule has 0 radical (unpaired) electrons. The zero-order chi connectivity index (χ0) is 15.2. The summed E-state index contributed by atoms with van der Waals surface area (Å²) in [7, 11) is 0. The van der Waals surface area contributed by atoms with E-state index in [9.17, 15) is 0 Å². The van der Waals surface area contributed by atoms with Crippen LogP contribution in [0.5, 0.6) is 0 Å². The van der Waals surface area contributed by atoms with Crippen molar-refractivity contribution in [1.82, 2.24) is 14.6 Å². The minimum absolute atomic E-state index is 0.673. The maximum atomic E-state index is 4.80. The summed E-state index contributed by atoms with van der Waals surface area (Å²) in [4.78, 5) is 7.37. The minimum Gasteiger partial charge on any atom is -0.353 e. The van der Waals surface area contributed by atoms with Gasteiger partial charge in [-0.05, 0) is 25.2 Å². The van der Waals surface area contributed by atoms with Crippen LogP contribution in [-0.2, 0) is 0 Å². The molecular formula is C19H20N4. The molecule has 116 valence electrons. The molecule has 1 aliphatic heterocycles. The molecule has 3 aromatic rings. The SMILES string of the molecule is c1ccc(-c2cc(N3CC4CCCC3C4)n3nccc3n2)cc1. The van der Waals surface area contributed by atoms with Crippen LogP contribution < -0.4 is 4.90 Å². The van der Waals surface area contributed by atoms with Gasteiger partial charge in [-0.1, -0.05) is 36.8 Å². The summed E-state index contributed by atoms with van der Waals surface area (Å²) in [5.41, 5.74) is 3.14. The summed E-state index contributed by atoms with van der Waals surface area (Å²) in [5.74, 6) is 2.06. The summed E-state index contributed by atoms with van der Waals surface area (Å²) in [6.45, 7) is 1.16. The molecule has 2 fully saturated rings. The van der Waals surface area contributed by atoms with Gasteiger partial charge in [0.05, 0.1) is 11.9 Å². The van der Waals surface area contributed by atoms with Crippen LogP contribution in [0.2, 0.25) is 0 Å². The molecule has 1 saturated heterocycles. The lowest BCUT2D eigenvalue weighted by Crippen LogP contribution is -2.30. The molecule has 5 rings (SSSR count). The Balaban J connectivity index is 1.66. The van der Waals surface area contributed by atoms with E-state index in [1.807, 2.05) is 22.8 Å². The summed E-state index contributed by atoms with van der Waals surface area (Å²) < 4.78 is 2.01. The molecule has 0 spiro atoms. The van der Waals surface area contributed by atoms with Gasteiger partial charge in [0, 0.05) is 30.3 Å². The zero-order valence-corrected chi connectivity index (χ0v) is 13.1. The first-order chi connectivity index (χ1) is 11.4. The van der Waals surface area contributed by atoms with Crippen LogP contribution in [0.4, 0.5) is 5.82 Å². The van der Waals surface area contributed by atoms with E-state index in [-0.39, 0.29) is 0 Å². The fourth-order valence-electron chi connectivity index (χ4n) is 4.28. The van der Waals surface area contributed by atoms with E-state index < -0.39 is 0 Å². The molecule has 23 heavy (non-hydrogen) atoms. The van der Waals surface area contributed by atoms with Crippen molar-refractivity contribution in [3.8, 4) is 11.3 Å². The maximum absolute atomic E-state index is 4.80. The van der Waals surface area contributed by atoms with E-state index in [1.54, 1.807) is 0 Å². The van der Waals surface area contributed by atoms with Crippen molar-refractivity contribution in [2.24, 2.45) is 5.92 Å². The number of nitrogens with zero attached hydrogens (tertiary/aromatic N) is 4. The fraction of sp³-hybridized carbons (Fsp3) is 0.368. The van der Waals surface area contributed by atoms with Crippen LogP contribution in [0, 0.1) is 5.92 Å². The molecule has 4 nitrogen and oxygen atoms in total. The first kappa shape index (κ1) is 13.1.